The fourth-order valence-electron chi connectivity index (χ4n) is 2.13. The molecule has 0 atom stereocenters. The van der Waals surface area contributed by atoms with Crippen molar-refractivity contribution >= 4 is 0 Å². The number of nitrogens with two attached hydrogens (primary N) is 1. The molecule has 0 spiro atoms. The predicted octanol–water partition coefficient (Wildman–Crippen LogP) is 1.25. The van der Waals surface area contributed by atoms with Gasteiger partial charge in [-0.3, -0.25) is 4.90 Å². The van der Waals surface area contributed by atoms with Crippen LogP contribution in [0.2, 0.25) is 0 Å². The van der Waals surface area contributed by atoms with Crippen LogP contribution in [0.15, 0.2) is 27.3 Å². The molecule has 0 radical (unpaired) electrons. The first-order valence-corrected chi connectivity index (χ1v) is 6.15. The highest BCUT2D eigenvalue weighted by Crippen LogP contribution is 2.18. The van der Waals surface area contributed by atoms with Crippen LogP contribution in [0.4, 0.5) is 0 Å². The molecular weight excluding hydrogens is 232 g/mol. The van der Waals surface area contributed by atoms with Crippen LogP contribution in [0, 0.1) is 0 Å². The molecule has 3 heterocycles. The molecule has 0 amide bonds. The van der Waals surface area contributed by atoms with Crippen molar-refractivity contribution in [1.29, 1.82) is 0 Å². The minimum absolute atomic E-state index is 0.338. The maximum Gasteiger partial charge on any atom is 0.293 e. The van der Waals surface area contributed by atoms with Crippen LogP contribution >= 0.6 is 0 Å². The molecule has 1 fully saturated rings. The lowest BCUT2D eigenvalue weighted by molar-refractivity contribution is 0.199. The molecule has 0 saturated carbocycles. The van der Waals surface area contributed by atoms with Crippen molar-refractivity contribution in [2.24, 2.45) is 5.73 Å². The zero-order valence-corrected chi connectivity index (χ0v) is 10.1. The van der Waals surface area contributed by atoms with Gasteiger partial charge in [-0.1, -0.05) is 5.16 Å². The molecule has 2 N–H and O–H groups in total. The Hall–Kier alpha value is -1.66. The smallest absolute Gasteiger partial charge is 0.293 e. The lowest BCUT2D eigenvalue weighted by Gasteiger charge is -2.28. The maximum absolute atomic E-state index is 5.87. The summed E-state index contributed by atoms with van der Waals surface area (Å²) in [6, 6.07) is 3.94. The summed E-state index contributed by atoms with van der Waals surface area (Å²) in [4.78, 5) is 6.61. The zero-order valence-electron chi connectivity index (χ0n) is 10.1. The summed E-state index contributed by atoms with van der Waals surface area (Å²) in [5, 5.41) is 3.97. The average Bonchev–Trinajstić information content (AvgIpc) is 3.02. The van der Waals surface area contributed by atoms with Crippen LogP contribution in [-0.4, -0.2) is 34.2 Å². The van der Waals surface area contributed by atoms with Gasteiger partial charge < -0.3 is 14.7 Å². The van der Waals surface area contributed by atoms with Crippen LogP contribution in [-0.2, 0) is 6.54 Å². The molecule has 0 unspecified atom stereocenters. The van der Waals surface area contributed by atoms with Crippen LogP contribution in [0.25, 0.3) is 11.7 Å². The Morgan fingerprint density at radius 3 is 2.94 bits per heavy atom. The topological polar surface area (TPSA) is 81.3 Å². The van der Waals surface area contributed by atoms with Gasteiger partial charge in [0.1, 0.15) is 0 Å². The average molecular weight is 248 g/mol. The zero-order chi connectivity index (χ0) is 12.4. The van der Waals surface area contributed by atoms with Crippen molar-refractivity contribution in [2.45, 2.75) is 25.4 Å². The van der Waals surface area contributed by atoms with Gasteiger partial charge in [0.05, 0.1) is 12.8 Å². The first-order valence-electron chi connectivity index (χ1n) is 6.15. The fraction of sp³-hybridized carbons (Fsp3) is 0.500. The van der Waals surface area contributed by atoms with E-state index in [9.17, 15) is 0 Å². The molecule has 1 aliphatic rings. The van der Waals surface area contributed by atoms with E-state index in [0.717, 1.165) is 25.9 Å². The van der Waals surface area contributed by atoms with E-state index in [1.807, 2.05) is 0 Å². The lowest BCUT2D eigenvalue weighted by Crippen LogP contribution is -2.39. The number of piperidine rings is 1. The third kappa shape index (κ3) is 2.44. The highest BCUT2D eigenvalue weighted by Gasteiger charge is 2.19. The second-order valence-corrected chi connectivity index (χ2v) is 4.61. The summed E-state index contributed by atoms with van der Waals surface area (Å²) in [7, 11) is 0. The van der Waals surface area contributed by atoms with Gasteiger partial charge in [0.2, 0.25) is 0 Å². The number of likely N-dealkylation sites (tertiary alicyclic amines) is 1. The highest BCUT2D eigenvalue weighted by molar-refractivity contribution is 5.42. The Morgan fingerprint density at radius 2 is 2.22 bits per heavy atom. The Morgan fingerprint density at radius 1 is 1.39 bits per heavy atom. The van der Waals surface area contributed by atoms with Crippen molar-refractivity contribution < 1.29 is 8.94 Å². The minimum Gasteiger partial charge on any atom is -0.459 e. The highest BCUT2D eigenvalue weighted by atomic mass is 16.5. The van der Waals surface area contributed by atoms with Crippen molar-refractivity contribution in [3.8, 4) is 11.7 Å². The normalized spacial score (nSPS) is 18.3. The van der Waals surface area contributed by atoms with Gasteiger partial charge in [-0.05, 0) is 25.0 Å². The quantitative estimate of drug-likeness (QED) is 0.880. The molecule has 6 nitrogen and oxygen atoms in total. The molecule has 1 aliphatic heterocycles. The molecule has 0 aliphatic carbocycles. The second-order valence-electron chi connectivity index (χ2n) is 4.61. The van der Waals surface area contributed by atoms with E-state index in [1.54, 1.807) is 18.4 Å². The van der Waals surface area contributed by atoms with Gasteiger partial charge in [-0.2, -0.15) is 4.98 Å². The largest absolute Gasteiger partial charge is 0.459 e. The molecule has 1 saturated heterocycles. The number of nitrogens with zero attached hydrogens (tertiary/aromatic N) is 3. The van der Waals surface area contributed by atoms with Gasteiger partial charge in [-0.25, -0.2) is 0 Å². The number of aromatic nitrogens is 2. The van der Waals surface area contributed by atoms with E-state index in [0.29, 0.717) is 30.1 Å². The van der Waals surface area contributed by atoms with Gasteiger partial charge in [0.15, 0.2) is 11.6 Å². The lowest BCUT2D eigenvalue weighted by atomic mass is 10.1. The summed E-state index contributed by atoms with van der Waals surface area (Å²) in [5.41, 5.74) is 5.87. The first-order chi connectivity index (χ1) is 8.81. The van der Waals surface area contributed by atoms with Crippen molar-refractivity contribution in [3.63, 3.8) is 0 Å². The second kappa shape index (κ2) is 4.91. The van der Waals surface area contributed by atoms with Crippen LogP contribution in [0.3, 0.4) is 0 Å². The Kier molecular flexibility index (Phi) is 3.12. The van der Waals surface area contributed by atoms with Crippen molar-refractivity contribution in [1.82, 2.24) is 15.0 Å². The number of hydrogen-bond donors (Lipinski definition) is 1. The molecule has 3 rings (SSSR count). The molecule has 2 aromatic heterocycles. The number of hydrogen-bond acceptors (Lipinski definition) is 6. The third-order valence-electron chi connectivity index (χ3n) is 3.20. The van der Waals surface area contributed by atoms with E-state index in [4.69, 9.17) is 14.7 Å². The molecule has 6 heteroatoms. The molecular formula is C12H16N4O2. The summed E-state index contributed by atoms with van der Waals surface area (Å²) in [6.07, 6.45) is 3.65. The van der Waals surface area contributed by atoms with Gasteiger partial charge in [0.25, 0.3) is 5.89 Å². The monoisotopic (exact) mass is 248 g/mol. The Labute approximate surface area is 105 Å². The van der Waals surface area contributed by atoms with E-state index in [2.05, 4.69) is 15.0 Å². The molecule has 0 aromatic carbocycles. The summed E-state index contributed by atoms with van der Waals surface area (Å²) in [6.45, 7) is 2.69. The van der Waals surface area contributed by atoms with Crippen LogP contribution in [0.5, 0.6) is 0 Å². The van der Waals surface area contributed by atoms with Gasteiger partial charge in [0, 0.05) is 19.1 Å². The Bertz CT molecular complexity index is 486. The number of furan rings is 1. The number of rotatable bonds is 3. The van der Waals surface area contributed by atoms with E-state index in [-0.39, 0.29) is 0 Å². The summed E-state index contributed by atoms with van der Waals surface area (Å²) >= 11 is 0. The van der Waals surface area contributed by atoms with Gasteiger partial charge >= 0.3 is 0 Å². The molecule has 96 valence electrons. The first kappa shape index (κ1) is 11.4. The van der Waals surface area contributed by atoms with E-state index in [1.165, 1.54) is 0 Å². The van der Waals surface area contributed by atoms with Crippen molar-refractivity contribution in [2.75, 3.05) is 13.1 Å². The summed E-state index contributed by atoms with van der Waals surface area (Å²) < 4.78 is 10.4. The SMILES string of the molecule is NC1CCN(Cc2noc(-c3ccco3)n2)CC1. The van der Waals surface area contributed by atoms with Crippen LogP contribution < -0.4 is 5.73 Å². The van der Waals surface area contributed by atoms with Crippen LogP contribution in [0.1, 0.15) is 18.7 Å². The Balaban J connectivity index is 1.64. The maximum atomic E-state index is 5.87. The predicted molar refractivity (Wildman–Crippen MR) is 64.5 cm³/mol. The van der Waals surface area contributed by atoms with Crippen molar-refractivity contribution in [3.05, 3.63) is 24.2 Å². The summed E-state index contributed by atoms with van der Waals surface area (Å²) in [5.74, 6) is 1.73. The fourth-order valence-corrected chi connectivity index (χ4v) is 2.13. The van der Waals surface area contributed by atoms with E-state index < -0.39 is 0 Å². The standard InChI is InChI=1S/C12H16N4O2/c13-9-3-5-16(6-4-9)8-11-14-12(18-15-11)10-2-1-7-17-10/h1-2,7,9H,3-6,8,13H2. The minimum atomic E-state index is 0.338. The third-order valence-corrected chi connectivity index (χ3v) is 3.20. The van der Waals surface area contributed by atoms with Gasteiger partial charge in [-0.15, -0.1) is 0 Å². The molecule has 0 bridgehead atoms. The molecule has 2 aromatic rings. The van der Waals surface area contributed by atoms with E-state index >= 15 is 0 Å². The molecule has 18 heavy (non-hydrogen) atoms.